The molecule has 10 rings (SSSR count). The Bertz CT molecular complexity index is 3100. The smallest absolute Gasteiger partial charge is 0.295 e. The number of hydrogen-bond acceptors (Lipinski definition) is 3. The molecule has 0 radical (unpaired) electrons. The van der Waals surface area contributed by atoms with E-state index < -0.39 is 0 Å². The van der Waals surface area contributed by atoms with Gasteiger partial charge < -0.3 is 0 Å². The summed E-state index contributed by atoms with van der Waals surface area (Å²) in [5.41, 5.74) is 13.4. The third kappa shape index (κ3) is 5.60. The van der Waals surface area contributed by atoms with Gasteiger partial charge in [0.1, 0.15) is 0 Å². The van der Waals surface area contributed by atoms with Crippen molar-refractivity contribution in [3.8, 4) is 67.3 Å². The van der Waals surface area contributed by atoms with Crippen LogP contribution in [0.2, 0.25) is 0 Å². The fourth-order valence-corrected chi connectivity index (χ4v) is 8.17. The fraction of sp³-hybridized carbons (Fsp3) is 0.0392. The second-order valence-electron chi connectivity index (χ2n) is 14.3. The first-order valence-corrected chi connectivity index (χ1v) is 18.8. The maximum absolute atomic E-state index is 12.9. The summed E-state index contributed by atoms with van der Waals surface area (Å²) < 4.78 is 3.43. The molecule has 0 saturated carbocycles. The molecule has 0 aliphatic rings. The topological polar surface area (TPSA) is 52.7 Å². The quantitative estimate of drug-likeness (QED) is 0.161. The predicted octanol–water partition coefficient (Wildman–Crippen LogP) is 12.0. The van der Waals surface area contributed by atoms with Crippen LogP contribution < -0.4 is 5.69 Å². The van der Waals surface area contributed by atoms with E-state index in [2.05, 4.69) is 158 Å². The summed E-state index contributed by atoms with van der Waals surface area (Å²) in [6, 6.07) is 63.8. The lowest BCUT2D eigenvalue weighted by molar-refractivity contribution is 0.795. The van der Waals surface area contributed by atoms with Crippen LogP contribution in [0.3, 0.4) is 0 Å². The molecule has 56 heavy (non-hydrogen) atoms. The molecule has 2 heterocycles. The van der Waals surface area contributed by atoms with Gasteiger partial charge in [-0.1, -0.05) is 158 Å². The van der Waals surface area contributed by atoms with Crippen LogP contribution in [-0.4, -0.2) is 19.1 Å². The van der Waals surface area contributed by atoms with E-state index in [1.54, 1.807) is 9.13 Å². The highest BCUT2D eigenvalue weighted by Crippen LogP contribution is 2.44. The number of benzene rings is 8. The van der Waals surface area contributed by atoms with Crippen molar-refractivity contribution in [2.24, 2.45) is 14.1 Å². The Morgan fingerprint density at radius 2 is 0.786 bits per heavy atom. The Morgan fingerprint density at radius 3 is 1.39 bits per heavy atom. The van der Waals surface area contributed by atoms with Crippen LogP contribution in [0, 0.1) is 0 Å². The Hall–Kier alpha value is -7.37. The van der Waals surface area contributed by atoms with E-state index in [9.17, 15) is 4.79 Å². The number of hydrogen-bond donors (Lipinski definition) is 0. The molecule has 0 N–H and O–H groups in total. The first-order valence-electron chi connectivity index (χ1n) is 18.8. The summed E-state index contributed by atoms with van der Waals surface area (Å²) in [7, 11) is 3.66. The Kier molecular flexibility index (Phi) is 8.00. The first-order chi connectivity index (χ1) is 27.5. The number of imidazole rings is 1. The summed E-state index contributed by atoms with van der Waals surface area (Å²) in [5.74, 6) is 0.684. The molecule has 0 atom stereocenters. The molecule has 0 aliphatic carbocycles. The van der Waals surface area contributed by atoms with E-state index in [0.717, 1.165) is 82.9 Å². The molecular weight excluding hydrogens is 685 g/mol. The van der Waals surface area contributed by atoms with E-state index in [1.165, 1.54) is 11.1 Å². The zero-order valence-electron chi connectivity index (χ0n) is 31.0. The van der Waals surface area contributed by atoms with Gasteiger partial charge in [0.25, 0.3) is 0 Å². The summed E-state index contributed by atoms with van der Waals surface area (Å²) in [6.45, 7) is 0. The molecular formula is C51H36N4O. The monoisotopic (exact) mass is 720 g/mol. The molecule has 0 bridgehead atoms. The van der Waals surface area contributed by atoms with Crippen molar-refractivity contribution in [2.45, 2.75) is 0 Å². The molecule has 2 aromatic heterocycles. The van der Waals surface area contributed by atoms with E-state index in [0.29, 0.717) is 5.82 Å². The van der Waals surface area contributed by atoms with Crippen molar-refractivity contribution in [1.82, 2.24) is 19.1 Å². The third-order valence-corrected chi connectivity index (χ3v) is 11.0. The predicted molar refractivity (Wildman–Crippen MR) is 231 cm³/mol. The van der Waals surface area contributed by atoms with Crippen molar-refractivity contribution in [3.05, 3.63) is 192 Å². The molecule has 0 unspecified atom stereocenters. The average molecular weight is 721 g/mol. The minimum atomic E-state index is -0.0326. The summed E-state index contributed by atoms with van der Waals surface area (Å²) in [5, 5.41) is 4.63. The summed E-state index contributed by atoms with van der Waals surface area (Å²) in [4.78, 5) is 23.1. The van der Waals surface area contributed by atoms with Gasteiger partial charge in [-0.3, -0.25) is 9.13 Å². The second kappa shape index (κ2) is 13.5. The Labute approximate surface area is 324 Å². The van der Waals surface area contributed by atoms with Crippen LogP contribution in [0.4, 0.5) is 0 Å². The normalized spacial score (nSPS) is 11.5. The van der Waals surface area contributed by atoms with Crippen LogP contribution in [0.5, 0.6) is 0 Å². The molecule has 0 saturated heterocycles. The van der Waals surface area contributed by atoms with Crippen LogP contribution in [-0.2, 0) is 14.1 Å². The number of aryl methyl sites for hydroxylation is 2. The van der Waals surface area contributed by atoms with Gasteiger partial charge in [0, 0.05) is 30.8 Å². The van der Waals surface area contributed by atoms with Crippen molar-refractivity contribution < 1.29 is 0 Å². The minimum Gasteiger partial charge on any atom is -0.295 e. The van der Waals surface area contributed by atoms with Crippen molar-refractivity contribution in [2.75, 3.05) is 0 Å². The highest BCUT2D eigenvalue weighted by molar-refractivity contribution is 6.21. The lowest BCUT2D eigenvalue weighted by atomic mass is 9.85. The van der Waals surface area contributed by atoms with E-state index in [4.69, 9.17) is 9.97 Å². The SMILES string of the molecule is Cn1c(=O)n(C)c2cc(-c3c4ccccc4c(-c4cccc(-c5cc(-c6ccc(-c7ccccc7)cc6)nc(-c6ccccc6)n5)c4)c4ccccc34)ccc21. The van der Waals surface area contributed by atoms with Crippen LogP contribution in [0.15, 0.2) is 187 Å². The maximum Gasteiger partial charge on any atom is 0.328 e. The molecule has 0 fully saturated rings. The van der Waals surface area contributed by atoms with Gasteiger partial charge in [0.15, 0.2) is 5.82 Å². The first kappa shape index (κ1) is 33.2. The van der Waals surface area contributed by atoms with Gasteiger partial charge in [-0.2, -0.15) is 0 Å². The standard InChI is InChI=1S/C51H36N4O/c1-54-46-29-28-39(31-47(46)55(2)51(54)56)49-42-22-11-9-20-40(42)48(41-21-10-12-23-43(41)49)38-19-13-18-37(30-38)45-32-44(52-50(53-45)36-16-7-4-8-17-36)35-26-24-34(25-27-35)33-14-5-3-6-15-33/h3-32H,1-2H3. The van der Waals surface area contributed by atoms with Crippen molar-refractivity contribution in [3.63, 3.8) is 0 Å². The number of rotatable bonds is 6. The second-order valence-corrected chi connectivity index (χ2v) is 14.3. The van der Waals surface area contributed by atoms with Crippen molar-refractivity contribution >= 4 is 32.6 Å². The highest BCUT2D eigenvalue weighted by Gasteiger charge is 2.19. The maximum atomic E-state index is 12.9. The summed E-state index contributed by atoms with van der Waals surface area (Å²) >= 11 is 0. The van der Waals surface area contributed by atoms with Gasteiger partial charge in [-0.05, 0) is 79.2 Å². The molecule has 8 aromatic carbocycles. The zero-order chi connectivity index (χ0) is 37.8. The highest BCUT2D eigenvalue weighted by atomic mass is 16.1. The van der Waals surface area contributed by atoms with Gasteiger partial charge in [0.05, 0.1) is 22.4 Å². The van der Waals surface area contributed by atoms with Gasteiger partial charge in [0.2, 0.25) is 0 Å². The van der Waals surface area contributed by atoms with Gasteiger partial charge >= 0.3 is 5.69 Å². The van der Waals surface area contributed by atoms with E-state index >= 15 is 0 Å². The lowest BCUT2D eigenvalue weighted by Gasteiger charge is -2.18. The van der Waals surface area contributed by atoms with Gasteiger partial charge in [-0.25, -0.2) is 14.8 Å². The fourth-order valence-electron chi connectivity index (χ4n) is 8.17. The average Bonchev–Trinajstić information content (AvgIpc) is 3.48. The lowest BCUT2D eigenvalue weighted by Crippen LogP contribution is -2.19. The molecule has 10 aromatic rings. The number of nitrogens with zero attached hydrogens (tertiary/aromatic N) is 4. The van der Waals surface area contributed by atoms with E-state index in [-0.39, 0.29) is 5.69 Å². The third-order valence-electron chi connectivity index (χ3n) is 11.0. The molecule has 266 valence electrons. The molecule has 0 aliphatic heterocycles. The molecule has 0 amide bonds. The van der Waals surface area contributed by atoms with Gasteiger partial charge in [-0.15, -0.1) is 0 Å². The molecule has 0 spiro atoms. The number of aromatic nitrogens is 4. The molecule has 5 heteroatoms. The summed E-state index contributed by atoms with van der Waals surface area (Å²) in [6.07, 6.45) is 0. The van der Waals surface area contributed by atoms with Crippen LogP contribution >= 0.6 is 0 Å². The Balaban J connectivity index is 1.14. The van der Waals surface area contributed by atoms with Crippen molar-refractivity contribution in [1.29, 1.82) is 0 Å². The zero-order valence-corrected chi connectivity index (χ0v) is 31.0. The van der Waals surface area contributed by atoms with Crippen LogP contribution in [0.25, 0.3) is 99.9 Å². The number of fused-ring (bicyclic) bond motifs is 3. The van der Waals surface area contributed by atoms with Crippen LogP contribution in [0.1, 0.15) is 0 Å². The Morgan fingerprint density at radius 1 is 0.357 bits per heavy atom. The minimum absolute atomic E-state index is 0.0326. The molecule has 5 nitrogen and oxygen atoms in total. The largest absolute Gasteiger partial charge is 0.328 e. The van der Waals surface area contributed by atoms with E-state index in [1.807, 2.05) is 38.4 Å².